The van der Waals surface area contributed by atoms with Gasteiger partial charge in [-0.2, -0.15) is 5.10 Å². The molecular weight excluding hydrogens is 416 g/mol. The number of hydrogen-bond acceptors (Lipinski definition) is 7. The third-order valence-corrected chi connectivity index (χ3v) is 6.05. The molecule has 10 heteroatoms. The monoisotopic (exact) mass is 438 g/mol. The second-order valence-electron chi connectivity index (χ2n) is 7.11. The number of carbonyl (C=O) groups excluding carboxylic acids is 2. The van der Waals surface area contributed by atoms with Crippen LogP contribution in [0.15, 0.2) is 60.1 Å². The SMILES string of the molecule is O=C(Nc1ccc(OC(=O)N2CCC(CSc3ncn[nH]3)CC2)nc1)c1ccccc1. The van der Waals surface area contributed by atoms with Crippen LogP contribution in [0.5, 0.6) is 5.88 Å². The molecule has 3 heterocycles. The average molecular weight is 439 g/mol. The summed E-state index contributed by atoms with van der Waals surface area (Å²) < 4.78 is 5.39. The first-order valence-electron chi connectivity index (χ1n) is 9.95. The number of thioether (sulfide) groups is 1. The van der Waals surface area contributed by atoms with Gasteiger partial charge in [-0.3, -0.25) is 9.89 Å². The summed E-state index contributed by atoms with van der Waals surface area (Å²) >= 11 is 1.65. The summed E-state index contributed by atoms with van der Waals surface area (Å²) in [5.41, 5.74) is 1.08. The maximum atomic E-state index is 12.4. The van der Waals surface area contributed by atoms with Crippen LogP contribution in [0.1, 0.15) is 23.2 Å². The molecule has 2 amide bonds. The third kappa shape index (κ3) is 5.82. The van der Waals surface area contributed by atoms with Gasteiger partial charge in [0.15, 0.2) is 5.16 Å². The van der Waals surface area contributed by atoms with E-state index in [1.165, 1.54) is 12.5 Å². The van der Waals surface area contributed by atoms with Crippen molar-refractivity contribution >= 4 is 29.4 Å². The first-order chi connectivity index (χ1) is 15.2. The zero-order chi connectivity index (χ0) is 21.5. The van der Waals surface area contributed by atoms with Crippen LogP contribution in [0, 0.1) is 5.92 Å². The fourth-order valence-electron chi connectivity index (χ4n) is 3.20. The largest absolute Gasteiger partial charge is 0.416 e. The Morgan fingerprint density at radius 1 is 1.13 bits per heavy atom. The number of pyridine rings is 1. The number of nitrogens with one attached hydrogen (secondary N) is 2. The highest BCUT2D eigenvalue weighted by Gasteiger charge is 2.24. The summed E-state index contributed by atoms with van der Waals surface area (Å²) in [4.78, 5) is 34.5. The molecule has 0 unspecified atom stereocenters. The van der Waals surface area contributed by atoms with Crippen molar-refractivity contribution in [2.75, 3.05) is 24.2 Å². The van der Waals surface area contributed by atoms with Gasteiger partial charge in [-0.15, -0.1) is 0 Å². The number of benzene rings is 1. The number of nitrogens with zero attached hydrogens (tertiary/aromatic N) is 4. The number of H-pyrrole nitrogens is 1. The number of carbonyl (C=O) groups is 2. The Morgan fingerprint density at radius 3 is 2.61 bits per heavy atom. The van der Waals surface area contributed by atoms with E-state index in [-0.39, 0.29) is 11.8 Å². The number of rotatable bonds is 6. The van der Waals surface area contributed by atoms with Gasteiger partial charge in [0.2, 0.25) is 5.88 Å². The van der Waals surface area contributed by atoms with Gasteiger partial charge in [0.25, 0.3) is 5.91 Å². The highest BCUT2D eigenvalue weighted by Crippen LogP contribution is 2.25. The summed E-state index contributed by atoms with van der Waals surface area (Å²) in [6.45, 7) is 1.29. The molecule has 2 N–H and O–H groups in total. The molecule has 160 valence electrons. The number of piperidine rings is 1. The van der Waals surface area contributed by atoms with E-state index in [2.05, 4.69) is 25.5 Å². The lowest BCUT2D eigenvalue weighted by Crippen LogP contribution is -2.40. The van der Waals surface area contributed by atoms with Crippen molar-refractivity contribution in [1.29, 1.82) is 0 Å². The zero-order valence-corrected chi connectivity index (χ0v) is 17.5. The molecule has 9 nitrogen and oxygen atoms in total. The Kier molecular flexibility index (Phi) is 6.78. The number of aromatic nitrogens is 4. The molecule has 31 heavy (non-hydrogen) atoms. The van der Waals surface area contributed by atoms with Crippen molar-refractivity contribution in [1.82, 2.24) is 25.1 Å². The molecule has 3 aromatic rings. The summed E-state index contributed by atoms with van der Waals surface area (Å²) in [6.07, 6.45) is 4.38. The van der Waals surface area contributed by atoms with E-state index >= 15 is 0 Å². The molecule has 1 saturated heterocycles. The molecule has 1 aromatic carbocycles. The van der Waals surface area contributed by atoms with Crippen molar-refractivity contribution in [3.63, 3.8) is 0 Å². The van der Waals surface area contributed by atoms with Gasteiger partial charge < -0.3 is 15.0 Å². The zero-order valence-electron chi connectivity index (χ0n) is 16.7. The van der Waals surface area contributed by atoms with Crippen LogP contribution in [-0.2, 0) is 0 Å². The van der Waals surface area contributed by atoms with Gasteiger partial charge >= 0.3 is 6.09 Å². The van der Waals surface area contributed by atoms with Gasteiger partial charge in [0, 0.05) is 30.5 Å². The van der Waals surface area contributed by atoms with Crippen LogP contribution in [0.25, 0.3) is 0 Å². The van der Waals surface area contributed by atoms with E-state index in [9.17, 15) is 9.59 Å². The van der Waals surface area contributed by atoms with Crippen molar-refractivity contribution in [3.05, 3.63) is 60.6 Å². The fraction of sp³-hybridized carbons (Fsp3) is 0.286. The van der Waals surface area contributed by atoms with Crippen molar-refractivity contribution in [2.24, 2.45) is 5.92 Å². The second kappa shape index (κ2) is 10.1. The Labute approximate surface area is 183 Å². The first-order valence-corrected chi connectivity index (χ1v) is 10.9. The van der Waals surface area contributed by atoms with Crippen molar-refractivity contribution in [2.45, 2.75) is 18.0 Å². The van der Waals surface area contributed by atoms with E-state index in [1.54, 1.807) is 53.1 Å². The van der Waals surface area contributed by atoms with Crippen LogP contribution in [-0.4, -0.2) is 55.9 Å². The summed E-state index contributed by atoms with van der Waals surface area (Å²) in [7, 11) is 0. The number of anilines is 1. The molecule has 1 aliphatic heterocycles. The molecule has 0 bridgehead atoms. The molecule has 4 rings (SSSR count). The third-order valence-electron chi connectivity index (χ3n) is 4.94. The van der Waals surface area contributed by atoms with E-state index in [4.69, 9.17) is 4.74 Å². The minimum atomic E-state index is -0.407. The van der Waals surface area contributed by atoms with Crippen LogP contribution in [0.4, 0.5) is 10.5 Å². The standard InChI is InChI=1S/C21H22N6O3S/c28-19(16-4-2-1-3-5-16)25-17-6-7-18(22-12-17)30-21(29)27-10-8-15(9-11-27)13-31-20-23-14-24-26-20/h1-7,12,14-15H,8-11,13H2,(H,25,28)(H,23,24,26). The smallest absolute Gasteiger partial charge is 0.391 e. The Hall–Kier alpha value is -3.40. The minimum Gasteiger partial charge on any atom is -0.391 e. The topological polar surface area (TPSA) is 113 Å². The number of ether oxygens (including phenoxy) is 1. The van der Waals surface area contributed by atoms with Gasteiger partial charge in [-0.05, 0) is 37.0 Å². The van der Waals surface area contributed by atoms with Gasteiger partial charge in [-0.25, -0.2) is 14.8 Å². The molecular formula is C21H22N6O3S. The summed E-state index contributed by atoms with van der Waals surface area (Å²) in [5, 5.41) is 10.3. The Balaban J connectivity index is 1.22. The van der Waals surface area contributed by atoms with E-state index in [1.807, 2.05) is 6.07 Å². The first kappa shape index (κ1) is 20.9. The summed E-state index contributed by atoms with van der Waals surface area (Å²) in [6, 6.07) is 12.1. The molecule has 1 aliphatic rings. The fourth-order valence-corrected chi connectivity index (χ4v) is 4.17. The van der Waals surface area contributed by atoms with Crippen LogP contribution in [0.2, 0.25) is 0 Å². The normalized spacial score (nSPS) is 14.3. The molecule has 0 aliphatic carbocycles. The molecule has 1 fully saturated rings. The van der Waals surface area contributed by atoms with Crippen LogP contribution in [0.3, 0.4) is 0 Å². The molecule has 0 saturated carbocycles. The minimum absolute atomic E-state index is 0.200. The second-order valence-corrected chi connectivity index (χ2v) is 8.11. The maximum absolute atomic E-state index is 12.4. The van der Waals surface area contributed by atoms with E-state index in [0.29, 0.717) is 30.3 Å². The molecule has 0 atom stereocenters. The van der Waals surface area contributed by atoms with Crippen molar-refractivity contribution in [3.8, 4) is 5.88 Å². The highest BCUT2D eigenvalue weighted by molar-refractivity contribution is 7.99. The van der Waals surface area contributed by atoms with E-state index < -0.39 is 6.09 Å². The van der Waals surface area contributed by atoms with Gasteiger partial charge in [0.1, 0.15) is 6.33 Å². The molecule has 0 radical (unpaired) electrons. The predicted octanol–water partition coefficient (Wildman–Crippen LogP) is 3.46. The number of hydrogen-bond donors (Lipinski definition) is 2. The highest BCUT2D eigenvalue weighted by atomic mass is 32.2. The Bertz CT molecular complexity index is 990. The maximum Gasteiger partial charge on any atom is 0.416 e. The lowest BCUT2D eigenvalue weighted by atomic mass is 9.99. The predicted molar refractivity (Wildman–Crippen MR) is 116 cm³/mol. The molecule has 0 spiro atoms. The Morgan fingerprint density at radius 2 is 1.94 bits per heavy atom. The van der Waals surface area contributed by atoms with E-state index in [0.717, 1.165) is 23.8 Å². The van der Waals surface area contributed by atoms with Crippen LogP contribution >= 0.6 is 11.8 Å². The number of aromatic amines is 1. The average Bonchev–Trinajstić information content (AvgIpc) is 3.33. The number of likely N-dealkylation sites (tertiary alicyclic amines) is 1. The summed E-state index contributed by atoms with van der Waals surface area (Å²) in [5.74, 6) is 1.43. The van der Waals surface area contributed by atoms with Gasteiger partial charge in [0.05, 0.1) is 11.9 Å². The molecule has 2 aromatic heterocycles. The van der Waals surface area contributed by atoms with Crippen molar-refractivity contribution < 1.29 is 14.3 Å². The lowest BCUT2D eigenvalue weighted by Gasteiger charge is -2.30. The van der Waals surface area contributed by atoms with Crippen LogP contribution < -0.4 is 10.1 Å². The lowest BCUT2D eigenvalue weighted by molar-refractivity contribution is 0.102. The quantitative estimate of drug-likeness (QED) is 0.567. The van der Waals surface area contributed by atoms with Gasteiger partial charge in [-0.1, -0.05) is 30.0 Å². The number of amides is 2.